The molecule has 2 aliphatic heterocycles. The Morgan fingerprint density at radius 2 is 1.75 bits per heavy atom. The van der Waals surface area contributed by atoms with Crippen LogP contribution in [0.2, 0.25) is 5.02 Å². The van der Waals surface area contributed by atoms with Gasteiger partial charge in [-0.3, -0.25) is 19.8 Å². The van der Waals surface area contributed by atoms with Gasteiger partial charge in [0.05, 0.1) is 28.7 Å². The summed E-state index contributed by atoms with van der Waals surface area (Å²) in [4.78, 5) is 51.3. The zero-order chi connectivity index (χ0) is 48.2. The van der Waals surface area contributed by atoms with Crippen molar-refractivity contribution in [2.75, 3.05) is 75.9 Å². The van der Waals surface area contributed by atoms with Gasteiger partial charge in [0.1, 0.15) is 17.1 Å². The number of hydrogen-bond acceptors (Lipinski definition) is 12. The lowest BCUT2D eigenvalue weighted by Gasteiger charge is -2.39. The smallest absolute Gasteiger partial charge is 0.438 e. The van der Waals surface area contributed by atoms with Gasteiger partial charge in [-0.2, -0.15) is 4.36 Å². The molecule has 68 heavy (non-hydrogen) atoms. The third kappa shape index (κ3) is 11.7. The number of carbonyl (C=O) groups is 2. The third-order valence-electron chi connectivity index (χ3n) is 13.1. The molecule has 2 aromatic heterocycles. The summed E-state index contributed by atoms with van der Waals surface area (Å²) in [6.45, 7) is 10.6. The maximum atomic E-state index is 14.0. The van der Waals surface area contributed by atoms with Crippen LogP contribution in [0.5, 0.6) is 11.5 Å². The molecular weight excluding hydrogens is 928 g/mol. The number of aromatic nitrogens is 2. The summed E-state index contributed by atoms with van der Waals surface area (Å²) in [5.74, 6) is 4.95. The van der Waals surface area contributed by atoms with E-state index in [0.29, 0.717) is 74.0 Å². The number of allylic oxidation sites excluding steroid dienone is 1. The number of benzene rings is 3. The molecule has 360 valence electrons. The number of anilines is 1. The number of halogens is 1. The van der Waals surface area contributed by atoms with Crippen molar-refractivity contribution in [2.24, 2.45) is 9.78 Å². The van der Waals surface area contributed by atoms with Crippen LogP contribution in [-0.2, 0) is 30.6 Å². The molecule has 2 saturated heterocycles. The average molecular weight is 986 g/mol. The second-order valence-electron chi connectivity index (χ2n) is 18.5. The molecule has 4 heterocycles. The summed E-state index contributed by atoms with van der Waals surface area (Å²) in [5, 5.41) is 13.8. The number of nitro groups is 1. The maximum Gasteiger partial charge on any atom is 0.438 e. The zero-order valence-electron chi connectivity index (χ0n) is 38.5. The topological polar surface area (TPSA) is 193 Å². The molecule has 2 amide bonds. The maximum absolute atomic E-state index is 14.0. The Kier molecular flexibility index (Phi) is 14.6. The summed E-state index contributed by atoms with van der Waals surface area (Å²) in [5.41, 5.74) is 5.71. The number of nitro benzene ring substituents is 1. The van der Waals surface area contributed by atoms with Crippen LogP contribution in [0.1, 0.15) is 61.0 Å². The summed E-state index contributed by atoms with van der Waals surface area (Å²) >= 11 is 6.25. The van der Waals surface area contributed by atoms with Crippen LogP contribution in [0.3, 0.4) is 0 Å². The second-order valence-corrected chi connectivity index (χ2v) is 23.6. The number of aryl methyl sites for hydroxylation is 1. The van der Waals surface area contributed by atoms with E-state index in [2.05, 4.69) is 70.3 Å². The van der Waals surface area contributed by atoms with Crippen molar-refractivity contribution in [3.63, 3.8) is 0 Å². The van der Waals surface area contributed by atoms with E-state index in [-0.39, 0.29) is 22.4 Å². The van der Waals surface area contributed by atoms with E-state index in [1.807, 2.05) is 18.2 Å². The number of pyridine rings is 1. The number of amides is 2. The van der Waals surface area contributed by atoms with Crippen molar-refractivity contribution >= 4 is 76.9 Å². The Bertz CT molecular complexity index is 2980. The minimum absolute atomic E-state index is 0.0486. The molecule has 5 aromatic rings. The van der Waals surface area contributed by atoms with Gasteiger partial charge in [-0.1, -0.05) is 55.1 Å². The molecule has 0 atom stereocenters. The molecule has 19 heteroatoms. The van der Waals surface area contributed by atoms with E-state index in [0.717, 1.165) is 61.1 Å². The highest BCUT2D eigenvalue weighted by atomic mass is 35.5. The number of aromatic amines is 1. The Balaban J connectivity index is 0.960. The zero-order valence-corrected chi connectivity index (χ0v) is 40.9. The van der Waals surface area contributed by atoms with Gasteiger partial charge < -0.3 is 24.3 Å². The fourth-order valence-electron chi connectivity index (χ4n) is 9.12. The van der Waals surface area contributed by atoms with Crippen LogP contribution >= 0.6 is 11.6 Å². The van der Waals surface area contributed by atoms with Crippen LogP contribution in [-0.4, -0.2) is 122 Å². The van der Waals surface area contributed by atoms with Gasteiger partial charge in [-0.05, 0) is 97.7 Å². The standard InChI is InChI=1S/C49H57ClN8O8S2/c1-49(2)17-15-37(43(31-49)34-7-10-38(50)11-8-34)33-56-20-22-57(23-21-56)39-12-14-42(45(29-39)66-40-28-36-16-18-51-46(36)52-32-40)47(59)53-68(63,64)41-13-9-35(44(30-41)58(61)62)6-5-19-55-24-26-67(4,27-25-55)54-48(60)65-3/h7-14,16,18,28-30,32H,4-6,15,17,19-27,31,33H2,1-3H3,(H,51,52)(H,53,59). The van der Waals surface area contributed by atoms with Crippen molar-refractivity contribution < 1.29 is 32.4 Å². The summed E-state index contributed by atoms with van der Waals surface area (Å²) in [6, 6.07) is 20.5. The molecule has 2 N–H and O–H groups in total. The fourth-order valence-corrected chi connectivity index (χ4v) is 12.2. The molecule has 0 radical (unpaired) electrons. The molecule has 0 spiro atoms. The van der Waals surface area contributed by atoms with E-state index in [9.17, 15) is 28.1 Å². The number of carbonyl (C=O) groups excluding carboxylic acids is 2. The average Bonchev–Trinajstić information content (AvgIpc) is 3.79. The highest BCUT2D eigenvalue weighted by molar-refractivity contribution is 8.02. The number of rotatable bonds is 14. The largest absolute Gasteiger partial charge is 0.455 e. The van der Waals surface area contributed by atoms with Gasteiger partial charge >= 0.3 is 6.09 Å². The highest BCUT2D eigenvalue weighted by Crippen LogP contribution is 2.43. The molecule has 3 aliphatic rings. The predicted octanol–water partition coefficient (Wildman–Crippen LogP) is 8.61. The Morgan fingerprint density at radius 1 is 1.00 bits per heavy atom. The summed E-state index contributed by atoms with van der Waals surface area (Å²) in [6.07, 6.45) is 6.72. The first-order valence-electron chi connectivity index (χ1n) is 22.7. The van der Waals surface area contributed by atoms with E-state index in [4.69, 9.17) is 16.3 Å². The number of nitrogens with one attached hydrogen (secondary N) is 2. The molecular formula is C49H57ClN8O8S2. The van der Waals surface area contributed by atoms with Crippen LogP contribution in [0.25, 0.3) is 16.6 Å². The Labute approximate surface area is 402 Å². The number of piperazine rings is 1. The van der Waals surface area contributed by atoms with E-state index < -0.39 is 41.3 Å². The van der Waals surface area contributed by atoms with Crippen molar-refractivity contribution in [3.05, 3.63) is 123 Å². The minimum Gasteiger partial charge on any atom is -0.455 e. The number of hydrogen-bond donors (Lipinski definition) is 2. The van der Waals surface area contributed by atoms with E-state index in [1.54, 1.807) is 24.4 Å². The van der Waals surface area contributed by atoms with Crippen LogP contribution < -0.4 is 14.4 Å². The Hall–Kier alpha value is -5.79. The van der Waals surface area contributed by atoms with Crippen molar-refractivity contribution in [1.29, 1.82) is 0 Å². The lowest BCUT2D eigenvalue weighted by molar-refractivity contribution is -0.385. The molecule has 0 saturated carbocycles. The van der Waals surface area contributed by atoms with Crippen LogP contribution in [0.4, 0.5) is 16.2 Å². The molecule has 8 rings (SSSR count). The normalized spacial score (nSPS) is 17.7. The SMILES string of the molecule is C=S1(=NC(=O)OC)CCN(CCCc2ccc(S(=O)(=O)NC(=O)c3ccc(N4CCN(CC5=C(c6ccc(Cl)cc6)CC(C)(C)CC5)CC4)cc3Oc3cnc4[nH]ccc4c3)cc2[N+](=O)[O-])CC1. The van der Waals surface area contributed by atoms with Gasteiger partial charge in [0.2, 0.25) is 0 Å². The predicted molar refractivity (Wildman–Crippen MR) is 269 cm³/mol. The van der Waals surface area contributed by atoms with Gasteiger partial charge in [0.25, 0.3) is 21.6 Å². The molecule has 0 unspecified atom stereocenters. The van der Waals surface area contributed by atoms with Crippen LogP contribution in [0.15, 0.2) is 100 Å². The first-order valence-corrected chi connectivity index (χ1v) is 26.6. The first kappa shape index (κ1) is 48.7. The summed E-state index contributed by atoms with van der Waals surface area (Å²) in [7, 11) is -5.00. The van der Waals surface area contributed by atoms with Gasteiger partial charge in [-0.15, -0.1) is 9.41 Å². The number of ether oxygens (including phenoxy) is 2. The van der Waals surface area contributed by atoms with Crippen molar-refractivity contribution in [1.82, 2.24) is 24.5 Å². The van der Waals surface area contributed by atoms with E-state index in [1.165, 1.54) is 48.2 Å². The highest BCUT2D eigenvalue weighted by Gasteiger charge is 2.31. The molecule has 3 aromatic carbocycles. The van der Waals surface area contributed by atoms with Crippen molar-refractivity contribution in [2.45, 2.75) is 50.8 Å². The summed E-state index contributed by atoms with van der Waals surface area (Å²) < 4.78 is 44.9. The van der Waals surface area contributed by atoms with E-state index >= 15 is 0 Å². The quantitative estimate of drug-likeness (QED) is 0.0613. The minimum atomic E-state index is -4.59. The van der Waals surface area contributed by atoms with Crippen molar-refractivity contribution in [3.8, 4) is 11.5 Å². The molecule has 16 nitrogen and oxygen atoms in total. The second kappa shape index (κ2) is 20.4. The van der Waals surface area contributed by atoms with Gasteiger partial charge in [0.15, 0.2) is 0 Å². The van der Waals surface area contributed by atoms with Crippen LogP contribution in [0, 0.1) is 15.5 Å². The number of H-pyrrole nitrogens is 1. The third-order valence-corrected chi connectivity index (χ3v) is 17.1. The number of sulfonamides is 1. The fraction of sp³-hybridized carbons (Fsp3) is 0.388. The lowest BCUT2D eigenvalue weighted by atomic mass is 9.72. The van der Waals surface area contributed by atoms with Gasteiger partial charge in [-0.25, -0.2) is 22.9 Å². The first-order chi connectivity index (χ1) is 32.5. The number of methoxy groups -OCH3 is 1. The number of fused-ring (bicyclic) bond motifs is 1. The molecule has 2 fully saturated rings. The lowest BCUT2D eigenvalue weighted by Crippen LogP contribution is -2.47. The number of nitrogens with zero attached hydrogens (tertiary/aromatic N) is 6. The van der Waals surface area contributed by atoms with Gasteiger partial charge in [0, 0.05) is 97.3 Å². The molecule has 0 bridgehead atoms. The molecule has 1 aliphatic carbocycles. The monoisotopic (exact) mass is 984 g/mol. The Morgan fingerprint density at radius 3 is 2.47 bits per heavy atom.